The first-order chi connectivity index (χ1) is 12.0. The Labute approximate surface area is 151 Å². The summed E-state index contributed by atoms with van der Waals surface area (Å²) >= 11 is 5.78. The molecule has 8 heteroatoms. The van der Waals surface area contributed by atoms with Crippen molar-refractivity contribution in [2.75, 3.05) is 28.5 Å². The summed E-state index contributed by atoms with van der Waals surface area (Å²) in [7, 11) is -3.47. The van der Waals surface area contributed by atoms with E-state index in [4.69, 9.17) is 11.6 Å². The summed E-state index contributed by atoms with van der Waals surface area (Å²) in [5, 5.41) is 5.76. The van der Waals surface area contributed by atoms with E-state index in [9.17, 15) is 13.2 Å². The topological polar surface area (TPSA) is 78.5 Å². The number of para-hydroxylation sites is 1. The lowest BCUT2D eigenvalue weighted by Gasteiger charge is -2.19. The first kappa shape index (κ1) is 17.6. The molecular weight excluding hydrogens is 362 g/mol. The molecule has 0 bridgehead atoms. The van der Waals surface area contributed by atoms with Crippen LogP contribution in [-0.4, -0.2) is 33.3 Å². The number of urea groups is 1. The van der Waals surface area contributed by atoms with Crippen LogP contribution < -0.4 is 14.9 Å². The lowest BCUT2D eigenvalue weighted by atomic mass is 10.2. The molecule has 0 atom stereocenters. The first-order valence-electron chi connectivity index (χ1n) is 7.84. The lowest BCUT2D eigenvalue weighted by molar-refractivity contribution is 0.252. The summed E-state index contributed by atoms with van der Waals surface area (Å²) < 4.78 is 26.4. The number of anilines is 2. The second-order valence-electron chi connectivity index (χ2n) is 5.65. The summed E-state index contributed by atoms with van der Waals surface area (Å²) in [5.74, 6) is -0.157. The molecule has 0 spiro atoms. The number of benzene rings is 2. The molecule has 1 aliphatic rings. The monoisotopic (exact) mass is 379 g/mol. The highest BCUT2D eigenvalue weighted by Crippen LogP contribution is 2.29. The van der Waals surface area contributed by atoms with Gasteiger partial charge in [0.15, 0.2) is 0 Å². The van der Waals surface area contributed by atoms with Crippen molar-refractivity contribution in [2.45, 2.75) is 6.42 Å². The molecule has 0 aliphatic carbocycles. The van der Waals surface area contributed by atoms with Crippen molar-refractivity contribution in [1.82, 2.24) is 5.32 Å². The zero-order valence-electron chi connectivity index (χ0n) is 13.4. The van der Waals surface area contributed by atoms with Crippen LogP contribution in [0.5, 0.6) is 0 Å². The predicted octanol–water partition coefficient (Wildman–Crippen LogP) is 2.85. The summed E-state index contributed by atoms with van der Waals surface area (Å²) in [4.78, 5) is 11.8. The van der Waals surface area contributed by atoms with Gasteiger partial charge in [-0.3, -0.25) is 4.31 Å². The van der Waals surface area contributed by atoms with E-state index in [1.165, 1.54) is 4.31 Å². The predicted molar refractivity (Wildman–Crippen MR) is 99.8 cm³/mol. The van der Waals surface area contributed by atoms with Crippen molar-refractivity contribution < 1.29 is 13.2 Å². The van der Waals surface area contributed by atoms with Crippen LogP contribution >= 0.6 is 11.6 Å². The Hall–Kier alpha value is -2.25. The third kappa shape index (κ3) is 4.24. The lowest BCUT2D eigenvalue weighted by Crippen LogP contribution is -2.38. The highest BCUT2D eigenvalue weighted by molar-refractivity contribution is 7.92. The summed E-state index contributed by atoms with van der Waals surface area (Å²) in [6.07, 6.45) is 0.708. The Morgan fingerprint density at radius 3 is 2.60 bits per heavy atom. The number of fused-ring (bicyclic) bond motifs is 1. The molecule has 0 aromatic heterocycles. The molecule has 132 valence electrons. The molecule has 0 saturated heterocycles. The van der Waals surface area contributed by atoms with Crippen LogP contribution in [0.15, 0.2) is 48.5 Å². The van der Waals surface area contributed by atoms with E-state index >= 15 is 0 Å². The highest BCUT2D eigenvalue weighted by Gasteiger charge is 2.28. The number of hydrogen-bond donors (Lipinski definition) is 2. The second-order valence-corrected chi connectivity index (χ2v) is 8.10. The van der Waals surface area contributed by atoms with Crippen molar-refractivity contribution in [3.8, 4) is 0 Å². The van der Waals surface area contributed by atoms with Crippen LogP contribution in [0.3, 0.4) is 0 Å². The van der Waals surface area contributed by atoms with Crippen molar-refractivity contribution >= 4 is 39.0 Å². The van der Waals surface area contributed by atoms with Crippen molar-refractivity contribution in [2.24, 2.45) is 0 Å². The van der Waals surface area contributed by atoms with E-state index in [0.29, 0.717) is 23.7 Å². The van der Waals surface area contributed by atoms with Gasteiger partial charge in [0.1, 0.15) is 0 Å². The standard InChI is InChI=1S/C17H18ClN3O3S/c18-14-5-7-15(8-6-14)20-17(22)19-10-12-25(23,24)21-11-9-13-3-1-2-4-16(13)21/h1-8H,9-12H2,(H2,19,20,22). The van der Waals surface area contributed by atoms with Gasteiger partial charge in [0.2, 0.25) is 10.0 Å². The summed E-state index contributed by atoms with van der Waals surface area (Å²) in [5.41, 5.74) is 2.34. The summed E-state index contributed by atoms with van der Waals surface area (Å²) in [6.45, 7) is 0.471. The van der Waals surface area contributed by atoms with E-state index in [1.54, 1.807) is 30.3 Å². The zero-order chi connectivity index (χ0) is 17.9. The molecule has 2 N–H and O–H groups in total. The number of rotatable bonds is 5. The zero-order valence-corrected chi connectivity index (χ0v) is 15.0. The van der Waals surface area contributed by atoms with Gasteiger partial charge in [-0.25, -0.2) is 13.2 Å². The van der Waals surface area contributed by atoms with Crippen LogP contribution in [0.4, 0.5) is 16.2 Å². The van der Waals surface area contributed by atoms with Crippen molar-refractivity contribution in [3.05, 3.63) is 59.1 Å². The van der Waals surface area contributed by atoms with Gasteiger partial charge in [-0.05, 0) is 42.3 Å². The number of sulfonamides is 1. The third-order valence-electron chi connectivity index (χ3n) is 3.93. The van der Waals surface area contributed by atoms with Crippen molar-refractivity contribution in [1.29, 1.82) is 0 Å². The molecule has 6 nitrogen and oxygen atoms in total. The van der Waals surface area contributed by atoms with Gasteiger partial charge in [-0.15, -0.1) is 0 Å². The quantitative estimate of drug-likeness (QED) is 0.838. The van der Waals surface area contributed by atoms with Gasteiger partial charge in [0, 0.05) is 23.8 Å². The van der Waals surface area contributed by atoms with Crippen LogP contribution in [0.1, 0.15) is 5.56 Å². The molecule has 0 fully saturated rings. The van der Waals surface area contributed by atoms with E-state index in [0.717, 1.165) is 11.3 Å². The number of halogens is 1. The van der Waals surface area contributed by atoms with E-state index in [1.807, 2.05) is 18.2 Å². The molecule has 1 heterocycles. The Balaban J connectivity index is 1.53. The average Bonchev–Trinajstić information content (AvgIpc) is 3.02. The minimum atomic E-state index is -3.47. The number of carbonyl (C=O) groups is 1. The van der Waals surface area contributed by atoms with Gasteiger partial charge < -0.3 is 10.6 Å². The number of amides is 2. The molecular formula is C17H18ClN3O3S. The maximum absolute atomic E-state index is 12.5. The molecule has 0 unspecified atom stereocenters. The SMILES string of the molecule is O=C(NCCS(=O)(=O)N1CCc2ccccc21)Nc1ccc(Cl)cc1. The second kappa shape index (κ2) is 7.33. The number of hydrogen-bond acceptors (Lipinski definition) is 3. The Kier molecular flexibility index (Phi) is 5.15. The Morgan fingerprint density at radius 1 is 1.12 bits per heavy atom. The van der Waals surface area contributed by atoms with E-state index in [-0.39, 0.29) is 12.3 Å². The van der Waals surface area contributed by atoms with E-state index in [2.05, 4.69) is 10.6 Å². The minimum absolute atomic E-state index is 0.0282. The molecule has 25 heavy (non-hydrogen) atoms. The molecule has 2 amide bonds. The Morgan fingerprint density at radius 2 is 1.84 bits per heavy atom. The molecule has 3 rings (SSSR count). The van der Waals surface area contributed by atoms with Crippen LogP contribution in [0, 0.1) is 0 Å². The maximum atomic E-state index is 12.5. The maximum Gasteiger partial charge on any atom is 0.319 e. The molecule has 2 aromatic carbocycles. The van der Waals surface area contributed by atoms with Crippen LogP contribution in [0.25, 0.3) is 0 Å². The fraction of sp³-hybridized carbons (Fsp3) is 0.235. The van der Waals surface area contributed by atoms with Gasteiger partial charge >= 0.3 is 6.03 Å². The van der Waals surface area contributed by atoms with Gasteiger partial charge in [-0.1, -0.05) is 29.8 Å². The molecule has 0 saturated carbocycles. The van der Waals surface area contributed by atoms with E-state index < -0.39 is 16.1 Å². The highest BCUT2D eigenvalue weighted by atomic mass is 35.5. The van der Waals surface area contributed by atoms with Gasteiger partial charge in [-0.2, -0.15) is 0 Å². The molecule has 0 radical (unpaired) electrons. The third-order valence-corrected chi connectivity index (χ3v) is 5.95. The molecule has 1 aliphatic heterocycles. The smallest absolute Gasteiger partial charge is 0.319 e. The largest absolute Gasteiger partial charge is 0.337 e. The fourth-order valence-corrected chi connectivity index (χ4v) is 4.26. The first-order valence-corrected chi connectivity index (χ1v) is 9.83. The average molecular weight is 380 g/mol. The van der Waals surface area contributed by atoms with Crippen LogP contribution in [-0.2, 0) is 16.4 Å². The molecule has 2 aromatic rings. The van der Waals surface area contributed by atoms with Gasteiger partial charge in [0.25, 0.3) is 0 Å². The number of nitrogens with zero attached hydrogens (tertiary/aromatic N) is 1. The van der Waals surface area contributed by atoms with Crippen molar-refractivity contribution in [3.63, 3.8) is 0 Å². The normalized spacial score (nSPS) is 13.4. The minimum Gasteiger partial charge on any atom is -0.337 e. The number of nitrogens with one attached hydrogen (secondary N) is 2. The fourth-order valence-electron chi connectivity index (χ4n) is 2.71. The number of carbonyl (C=O) groups excluding carboxylic acids is 1. The summed E-state index contributed by atoms with van der Waals surface area (Å²) in [6, 6.07) is 13.7. The van der Waals surface area contributed by atoms with Gasteiger partial charge in [0.05, 0.1) is 11.4 Å². The van der Waals surface area contributed by atoms with Crippen LogP contribution in [0.2, 0.25) is 5.02 Å². The Bertz CT molecular complexity index is 869.